The molecule has 1 aliphatic carbocycles. The van der Waals surface area contributed by atoms with E-state index >= 15 is 0 Å². The zero-order valence-electron chi connectivity index (χ0n) is 10.1. The van der Waals surface area contributed by atoms with Crippen molar-refractivity contribution < 1.29 is 4.79 Å². The third kappa shape index (κ3) is 2.37. The Morgan fingerprint density at radius 1 is 1.56 bits per heavy atom. The molecule has 18 heavy (non-hydrogen) atoms. The fourth-order valence-electron chi connectivity index (χ4n) is 2.20. The molecule has 4 nitrogen and oxygen atoms in total. The predicted octanol–water partition coefficient (Wildman–Crippen LogP) is 2.60. The van der Waals surface area contributed by atoms with E-state index in [1.54, 1.807) is 6.07 Å². The topological polar surface area (TPSA) is 76.7 Å². The SMILES string of the molecule is CC1CCc2c(sc(NC(=O)CC#N)c2C#N)C1. The van der Waals surface area contributed by atoms with E-state index < -0.39 is 0 Å². The Morgan fingerprint density at radius 3 is 3.00 bits per heavy atom. The first-order chi connectivity index (χ1) is 8.65. The maximum Gasteiger partial charge on any atom is 0.239 e. The molecule has 0 saturated carbocycles. The van der Waals surface area contributed by atoms with Gasteiger partial charge in [-0.25, -0.2) is 0 Å². The summed E-state index contributed by atoms with van der Waals surface area (Å²) >= 11 is 1.48. The van der Waals surface area contributed by atoms with E-state index in [0.717, 1.165) is 24.8 Å². The van der Waals surface area contributed by atoms with Gasteiger partial charge >= 0.3 is 0 Å². The second-order valence-corrected chi connectivity index (χ2v) is 5.66. The summed E-state index contributed by atoms with van der Waals surface area (Å²) in [5.41, 5.74) is 1.68. The summed E-state index contributed by atoms with van der Waals surface area (Å²) in [5.74, 6) is 0.283. The number of hydrogen-bond donors (Lipinski definition) is 1. The number of carbonyl (C=O) groups excluding carboxylic acids is 1. The first kappa shape index (κ1) is 12.6. The minimum atomic E-state index is -0.347. The lowest BCUT2D eigenvalue weighted by atomic mass is 9.89. The van der Waals surface area contributed by atoms with E-state index in [0.29, 0.717) is 16.5 Å². The highest BCUT2D eigenvalue weighted by Gasteiger charge is 2.24. The van der Waals surface area contributed by atoms with Gasteiger partial charge in [-0.2, -0.15) is 10.5 Å². The van der Waals surface area contributed by atoms with Crippen LogP contribution in [0.25, 0.3) is 0 Å². The molecule has 0 bridgehead atoms. The molecule has 1 aromatic heterocycles. The normalized spacial score (nSPS) is 17.4. The molecule has 1 heterocycles. The molecular weight excluding hydrogens is 246 g/mol. The van der Waals surface area contributed by atoms with Crippen LogP contribution in [0.4, 0.5) is 5.00 Å². The van der Waals surface area contributed by atoms with Crippen molar-refractivity contribution in [3.8, 4) is 12.1 Å². The predicted molar refractivity (Wildman–Crippen MR) is 69.1 cm³/mol. The summed E-state index contributed by atoms with van der Waals surface area (Å²) in [5, 5.41) is 21.0. The first-order valence-corrected chi connectivity index (χ1v) is 6.68. The van der Waals surface area contributed by atoms with Crippen molar-refractivity contribution in [2.75, 3.05) is 5.32 Å². The van der Waals surface area contributed by atoms with Crippen LogP contribution < -0.4 is 5.32 Å². The number of thiophene rings is 1. The van der Waals surface area contributed by atoms with Crippen molar-refractivity contribution in [1.82, 2.24) is 0 Å². The minimum Gasteiger partial charge on any atom is -0.316 e. The Hall–Kier alpha value is -1.85. The molecule has 0 fully saturated rings. The lowest BCUT2D eigenvalue weighted by Gasteiger charge is -2.17. The van der Waals surface area contributed by atoms with Gasteiger partial charge in [0.25, 0.3) is 0 Å². The molecule has 1 aromatic rings. The van der Waals surface area contributed by atoms with Crippen molar-refractivity contribution in [3.63, 3.8) is 0 Å². The van der Waals surface area contributed by atoms with Gasteiger partial charge in [0.05, 0.1) is 11.6 Å². The van der Waals surface area contributed by atoms with Gasteiger partial charge in [0, 0.05) is 4.88 Å². The van der Waals surface area contributed by atoms with Gasteiger partial charge in [-0.3, -0.25) is 4.79 Å². The fourth-order valence-corrected chi connectivity index (χ4v) is 3.58. The standard InChI is InChI=1S/C13H13N3OS/c1-8-2-3-9-10(7-15)13(18-11(9)6-8)16-12(17)4-5-14/h8H,2-4,6H2,1H3,(H,16,17). The van der Waals surface area contributed by atoms with Gasteiger partial charge in [0.2, 0.25) is 5.91 Å². The van der Waals surface area contributed by atoms with Crippen molar-refractivity contribution in [2.24, 2.45) is 5.92 Å². The molecule has 0 saturated heterocycles. The van der Waals surface area contributed by atoms with Gasteiger partial charge < -0.3 is 5.32 Å². The second-order valence-electron chi connectivity index (χ2n) is 4.55. The minimum absolute atomic E-state index is 0.177. The van der Waals surface area contributed by atoms with Crippen molar-refractivity contribution in [1.29, 1.82) is 10.5 Å². The van der Waals surface area contributed by atoms with Crippen LogP contribution in [0.3, 0.4) is 0 Å². The van der Waals surface area contributed by atoms with E-state index in [2.05, 4.69) is 18.3 Å². The number of hydrogen-bond acceptors (Lipinski definition) is 4. The van der Waals surface area contributed by atoms with E-state index in [-0.39, 0.29) is 12.3 Å². The highest BCUT2D eigenvalue weighted by molar-refractivity contribution is 7.16. The van der Waals surface area contributed by atoms with Crippen LogP contribution in [0.1, 0.15) is 35.8 Å². The quantitative estimate of drug-likeness (QED) is 0.886. The third-order valence-corrected chi connectivity index (χ3v) is 4.29. The Morgan fingerprint density at radius 2 is 2.33 bits per heavy atom. The van der Waals surface area contributed by atoms with Gasteiger partial charge in [-0.15, -0.1) is 11.3 Å². The molecule has 0 aromatic carbocycles. The number of carbonyl (C=O) groups is 1. The Labute approximate surface area is 110 Å². The number of nitriles is 2. The van der Waals surface area contributed by atoms with Gasteiger partial charge in [-0.1, -0.05) is 6.92 Å². The fraction of sp³-hybridized carbons (Fsp3) is 0.462. The molecular formula is C13H13N3OS. The van der Waals surface area contributed by atoms with Crippen LogP contribution in [-0.4, -0.2) is 5.91 Å². The molecule has 0 radical (unpaired) electrons. The number of rotatable bonds is 2. The van der Waals surface area contributed by atoms with Crippen LogP contribution in [0.15, 0.2) is 0 Å². The largest absolute Gasteiger partial charge is 0.316 e. The number of anilines is 1. The summed E-state index contributed by atoms with van der Waals surface area (Å²) in [6.45, 7) is 2.20. The molecule has 1 amide bonds. The van der Waals surface area contributed by atoms with Crippen LogP contribution >= 0.6 is 11.3 Å². The summed E-state index contributed by atoms with van der Waals surface area (Å²) in [6, 6.07) is 3.98. The van der Waals surface area contributed by atoms with Crippen molar-refractivity contribution >= 4 is 22.2 Å². The zero-order chi connectivity index (χ0) is 13.1. The average molecular weight is 259 g/mol. The Bertz CT molecular complexity index is 562. The average Bonchev–Trinajstić information content (AvgIpc) is 2.65. The summed E-state index contributed by atoms with van der Waals surface area (Å²) in [4.78, 5) is 12.6. The Balaban J connectivity index is 2.30. The highest BCUT2D eigenvalue weighted by Crippen LogP contribution is 2.39. The zero-order valence-corrected chi connectivity index (χ0v) is 10.9. The number of fused-ring (bicyclic) bond motifs is 1. The lowest BCUT2D eigenvalue weighted by molar-refractivity contribution is -0.115. The van der Waals surface area contributed by atoms with E-state index in [4.69, 9.17) is 5.26 Å². The van der Waals surface area contributed by atoms with Gasteiger partial charge in [0.1, 0.15) is 17.5 Å². The monoisotopic (exact) mass is 259 g/mol. The smallest absolute Gasteiger partial charge is 0.239 e. The summed E-state index contributed by atoms with van der Waals surface area (Å²) < 4.78 is 0. The van der Waals surface area contributed by atoms with Crippen LogP contribution in [0.2, 0.25) is 0 Å². The van der Waals surface area contributed by atoms with Crippen LogP contribution in [0.5, 0.6) is 0 Å². The summed E-state index contributed by atoms with van der Waals surface area (Å²) in [7, 11) is 0. The molecule has 92 valence electrons. The number of nitrogens with zero attached hydrogens (tertiary/aromatic N) is 2. The van der Waals surface area contributed by atoms with E-state index in [1.165, 1.54) is 16.2 Å². The maximum atomic E-state index is 11.4. The van der Waals surface area contributed by atoms with Crippen molar-refractivity contribution in [2.45, 2.75) is 32.6 Å². The Kier molecular flexibility index (Phi) is 3.64. The molecule has 2 rings (SSSR count). The van der Waals surface area contributed by atoms with Gasteiger partial charge in [-0.05, 0) is 30.7 Å². The molecule has 0 spiro atoms. The highest BCUT2D eigenvalue weighted by atomic mass is 32.1. The van der Waals surface area contributed by atoms with E-state index in [9.17, 15) is 10.1 Å². The van der Waals surface area contributed by atoms with E-state index in [1.807, 2.05) is 0 Å². The second kappa shape index (κ2) is 5.20. The maximum absolute atomic E-state index is 11.4. The first-order valence-electron chi connectivity index (χ1n) is 5.87. The molecule has 1 N–H and O–H groups in total. The van der Waals surface area contributed by atoms with Crippen LogP contribution in [0, 0.1) is 28.6 Å². The molecule has 1 aliphatic rings. The van der Waals surface area contributed by atoms with Gasteiger partial charge in [0.15, 0.2) is 0 Å². The number of amides is 1. The third-order valence-electron chi connectivity index (χ3n) is 3.12. The number of nitrogens with one attached hydrogen (secondary N) is 1. The lowest BCUT2D eigenvalue weighted by Crippen LogP contribution is -2.10. The molecule has 1 atom stereocenters. The molecule has 0 aliphatic heterocycles. The molecule has 5 heteroatoms. The van der Waals surface area contributed by atoms with Crippen molar-refractivity contribution in [3.05, 3.63) is 16.0 Å². The molecule has 1 unspecified atom stereocenters. The summed E-state index contributed by atoms with van der Waals surface area (Å²) in [6.07, 6.45) is 2.79. The van der Waals surface area contributed by atoms with Crippen LogP contribution in [-0.2, 0) is 17.6 Å².